The molecule has 0 aromatic rings. The molecule has 11 atom stereocenters. The van der Waals surface area contributed by atoms with Crippen LogP contribution in [0.15, 0.2) is 11.6 Å². The highest BCUT2D eigenvalue weighted by atomic mass is 16.7. The van der Waals surface area contributed by atoms with Crippen LogP contribution in [-0.2, 0) is 23.8 Å². The second kappa shape index (κ2) is 7.65. The molecule has 188 valence electrons. The van der Waals surface area contributed by atoms with E-state index in [0.29, 0.717) is 29.5 Å². The minimum Gasteiger partial charge on any atom is -0.463 e. The fourth-order valence-corrected chi connectivity index (χ4v) is 9.61. The molecule has 6 aliphatic rings. The number of hydrogen-bond donors (Lipinski definition) is 0. The monoisotopic (exact) mass is 470 g/mol. The van der Waals surface area contributed by atoms with Crippen molar-refractivity contribution in [3.63, 3.8) is 0 Å². The number of fused-ring (bicyclic) bond motifs is 7. The Labute approximate surface area is 204 Å². The van der Waals surface area contributed by atoms with Gasteiger partial charge in [-0.1, -0.05) is 33.3 Å². The molecule has 5 nitrogen and oxygen atoms in total. The summed E-state index contributed by atoms with van der Waals surface area (Å²) < 4.78 is 18.8. The molecule has 1 spiro atoms. The number of hydrogen-bond acceptors (Lipinski definition) is 5. The van der Waals surface area contributed by atoms with Gasteiger partial charge < -0.3 is 14.2 Å². The van der Waals surface area contributed by atoms with Crippen molar-refractivity contribution in [2.45, 2.75) is 104 Å². The Hall–Kier alpha value is -1.20. The second-order valence-electron chi connectivity index (χ2n) is 13.1. The lowest BCUT2D eigenvalue weighted by atomic mass is 9.48. The van der Waals surface area contributed by atoms with Crippen molar-refractivity contribution in [1.29, 1.82) is 0 Å². The van der Waals surface area contributed by atoms with Gasteiger partial charge in [0.15, 0.2) is 11.6 Å². The Morgan fingerprint density at radius 3 is 2.59 bits per heavy atom. The summed E-state index contributed by atoms with van der Waals surface area (Å²) in [6, 6.07) is 0. The molecule has 0 amide bonds. The van der Waals surface area contributed by atoms with Gasteiger partial charge in [0.2, 0.25) is 0 Å². The second-order valence-corrected chi connectivity index (χ2v) is 13.1. The maximum absolute atomic E-state index is 14.0. The Bertz CT molecular complexity index is 915. The van der Waals surface area contributed by atoms with Gasteiger partial charge in [-0.25, -0.2) is 0 Å². The normalized spacial score (nSPS) is 54.0. The SMILES string of the molecule is CC(=O)OC1CC[C@]2(C)C3=CC(=O)[C@@]4(C)C(CC5OC6(CCC(C)CO6)C(C)C54)C3CCC2C1. The average molecular weight is 471 g/mol. The number of ether oxygens (including phenoxy) is 3. The quantitative estimate of drug-likeness (QED) is 0.476. The lowest BCUT2D eigenvalue weighted by molar-refractivity contribution is -0.271. The fraction of sp³-hybridized carbons (Fsp3) is 0.862. The highest BCUT2D eigenvalue weighted by molar-refractivity contribution is 5.97. The standard InChI is InChI=1S/C29H42O5/c1-16-8-11-29(32-15-16)17(2)26-24(34-29)13-23-21-7-6-19-12-20(33-18(3)30)9-10-27(19,4)22(21)14-25(31)28(23,26)5/h14,16-17,19-21,23-24,26H,6-13,15H2,1-5H3/t16?,17?,19?,20?,21?,23?,24?,26?,27-,28+,29?/m0/s1. The summed E-state index contributed by atoms with van der Waals surface area (Å²) in [5.41, 5.74) is 1.10. The van der Waals surface area contributed by atoms with Crippen LogP contribution in [0.25, 0.3) is 0 Å². The zero-order valence-corrected chi connectivity index (χ0v) is 21.6. The summed E-state index contributed by atoms with van der Waals surface area (Å²) in [6.45, 7) is 11.5. The van der Waals surface area contributed by atoms with Crippen LogP contribution in [0.3, 0.4) is 0 Å². The minimum atomic E-state index is -0.487. The third-order valence-corrected chi connectivity index (χ3v) is 11.5. The van der Waals surface area contributed by atoms with Crippen molar-refractivity contribution in [1.82, 2.24) is 0 Å². The van der Waals surface area contributed by atoms with Crippen molar-refractivity contribution in [2.75, 3.05) is 6.61 Å². The number of rotatable bonds is 1. The van der Waals surface area contributed by atoms with Crippen molar-refractivity contribution >= 4 is 11.8 Å². The Morgan fingerprint density at radius 2 is 1.88 bits per heavy atom. The topological polar surface area (TPSA) is 61.8 Å². The molecule has 0 aromatic heterocycles. The predicted octanol–water partition coefficient (Wildman–Crippen LogP) is 5.46. The number of carbonyl (C=O) groups excluding carboxylic acids is 2. The molecule has 0 radical (unpaired) electrons. The molecular weight excluding hydrogens is 428 g/mol. The van der Waals surface area contributed by atoms with Crippen LogP contribution >= 0.6 is 0 Å². The number of allylic oxidation sites excluding steroid dienone is 2. The Kier molecular flexibility index (Phi) is 5.22. The zero-order chi connectivity index (χ0) is 24.0. The highest BCUT2D eigenvalue weighted by Crippen LogP contribution is 2.69. The molecule has 9 unspecified atom stereocenters. The van der Waals surface area contributed by atoms with Gasteiger partial charge in [0.1, 0.15) is 6.10 Å². The van der Waals surface area contributed by atoms with Crippen LogP contribution in [0.2, 0.25) is 0 Å². The third-order valence-electron chi connectivity index (χ3n) is 11.5. The Balaban J connectivity index is 1.29. The molecule has 5 fully saturated rings. The van der Waals surface area contributed by atoms with Gasteiger partial charge in [-0.15, -0.1) is 0 Å². The van der Waals surface area contributed by atoms with Crippen molar-refractivity contribution in [3.8, 4) is 0 Å². The molecule has 3 saturated carbocycles. The first-order chi connectivity index (χ1) is 16.1. The molecule has 34 heavy (non-hydrogen) atoms. The first-order valence-corrected chi connectivity index (χ1v) is 13.8. The number of carbonyl (C=O) groups is 2. The molecule has 4 aliphatic carbocycles. The van der Waals surface area contributed by atoms with Gasteiger partial charge in [-0.2, -0.15) is 0 Å². The van der Waals surface area contributed by atoms with Crippen LogP contribution in [0.1, 0.15) is 86.0 Å². The van der Waals surface area contributed by atoms with Crippen molar-refractivity contribution in [3.05, 3.63) is 11.6 Å². The molecular formula is C29H42O5. The van der Waals surface area contributed by atoms with Gasteiger partial charge in [0, 0.05) is 30.6 Å². The van der Waals surface area contributed by atoms with E-state index in [2.05, 4.69) is 33.8 Å². The van der Waals surface area contributed by atoms with E-state index in [1.807, 2.05) is 0 Å². The van der Waals surface area contributed by atoms with Gasteiger partial charge in [-0.3, -0.25) is 9.59 Å². The highest BCUT2D eigenvalue weighted by Gasteiger charge is 2.70. The summed E-state index contributed by atoms with van der Waals surface area (Å²) in [6.07, 6.45) is 10.4. The smallest absolute Gasteiger partial charge is 0.302 e. The van der Waals surface area contributed by atoms with E-state index in [0.717, 1.165) is 58.0 Å². The van der Waals surface area contributed by atoms with E-state index < -0.39 is 5.79 Å². The third kappa shape index (κ3) is 3.04. The average Bonchev–Trinajstić information content (AvgIpc) is 3.23. The summed E-state index contributed by atoms with van der Waals surface area (Å²) in [7, 11) is 0. The zero-order valence-electron chi connectivity index (χ0n) is 21.6. The van der Waals surface area contributed by atoms with E-state index in [9.17, 15) is 9.59 Å². The summed E-state index contributed by atoms with van der Waals surface area (Å²) in [5.74, 6) is 2.05. The number of ketones is 1. The fourth-order valence-electron chi connectivity index (χ4n) is 9.61. The summed E-state index contributed by atoms with van der Waals surface area (Å²) in [5, 5.41) is 0. The van der Waals surface area contributed by atoms with E-state index in [4.69, 9.17) is 14.2 Å². The van der Waals surface area contributed by atoms with Gasteiger partial charge in [0.25, 0.3) is 0 Å². The van der Waals surface area contributed by atoms with E-state index in [1.165, 1.54) is 12.5 Å². The minimum absolute atomic E-state index is 0.0340. The number of esters is 1. The van der Waals surface area contributed by atoms with E-state index in [-0.39, 0.29) is 40.8 Å². The maximum atomic E-state index is 14.0. The molecule has 0 bridgehead atoms. The molecule has 2 aliphatic heterocycles. The first kappa shape index (κ1) is 23.2. The van der Waals surface area contributed by atoms with Gasteiger partial charge in [-0.05, 0) is 80.1 Å². The van der Waals surface area contributed by atoms with Crippen LogP contribution < -0.4 is 0 Å². The van der Waals surface area contributed by atoms with Crippen molar-refractivity contribution < 1.29 is 23.8 Å². The Morgan fingerprint density at radius 1 is 1.09 bits per heavy atom. The summed E-state index contributed by atoms with van der Waals surface area (Å²) >= 11 is 0. The van der Waals surface area contributed by atoms with E-state index >= 15 is 0 Å². The molecule has 6 rings (SSSR count). The largest absolute Gasteiger partial charge is 0.463 e. The van der Waals surface area contributed by atoms with Crippen molar-refractivity contribution in [2.24, 2.45) is 46.3 Å². The summed E-state index contributed by atoms with van der Waals surface area (Å²) in [4.78, 5) is 25.6. The van der Waals surface area contributed by atoms with Gasteiger partial charge >= 0.3 is 5.97 Å². The van der Waals surface area contributed by atoms with E-state index in [1.54, 1.807) is 0 Å². The first-order valence-electron chi connectivity index (χ1n) is 13.8. The molecule has 2 saturated heterocycles. The lowest BCUT2D eigenvalue weighted by Crippen LogP contribution is -2.53. The molecule has 2 heterocycles. The van der Waals surface area contributed by atoms with Crippen LogP contribution in [0.5, 0.6) is 0 Å². The van der Waals surface area contributed by atoms with Gasteiger partial charge in [0.05, 0.1) is 12.7 Å². The molecule has 5 heteroatoms. The van der Waals surface area contributed by atoms with Crippen LogP contribution in [-0.4, -0.2) is 36.4 Å². The van der Waals surface area contributed by atoms with Crippen LogP contribution in [0.4, 0.5) is 0 Å². The molecule has 0 aromatic carbocycles. The predicted molar refractivity (Wildman–Crippen MR) is 128 cm³/mol. The lowest BCUT2D eigenvalue weighted by Gasteiger charge is -2.56. The molecule has 0 N–H and O–H groups in total. The van der Waals surface area contributed by atoms with Crippen LogP contribution in [0, 0.1) is 46.3 Å². The maximum Gasteiger partial charge on any atom is 0.302 e.